The fourth-order valence-corrected chi connectivity index (χ4v) is 2.61. The van der Waals surface area contributed by atoms with Gasteiger partial charge in [-0.2, -0.15) is 10.2 Å². The SMILES string of the molecule is COC(=O)c1ccc(/C=N/NC(=O)c2cc(-c3ccc(OC(C)C)cc3)n[nH]2)cc1. The van der Waals surface area contributed by atoms with E-state index >= 15 is 0 Å². The van der Waals surface area contributed by atoms with Crippen LogP contribution in [0.2, 0.25) is 0 Å². The van der Waals surface area contributed by atoms with E-state index in [-0.39, 0.29) is 11.8 Å². The molecule has 0 spiro atoms. The topological polar surface area (TPSA) is 106 Å². The Bertz CT molecular complexity index is 1040. The van der Waals surface area contributed by atoms with Gasteiger partial charge in [0.25, 0.3) is 5.91 Å². The molecule has 0 unspecified atom stereocenters. The summed E-state index contributed by atoms with van der Waals surface area (Å²) in [5.74, 6) is -0.0592. The minimum Gasteiger partial charge on any atom is -0.491 e. The van der Waals surface area contributed by atoms with Crippen molar-refractivity contribution in [3.8, 4) is 17.0 Å². The highest BCUT2D eigenvalue weighted by molar-refractivity contribution is 5.94. The summed E-state index contributed by atoms with van der Waals surface area (Å²) >= 11 is 0. The molecule has 0 radical (unpaired) electrons. The van der Waals surface area contributed by atoms with Crippen LogP contribution in [0.25, 0.3) is 11.3 Å². The third kappa shape index (κ3) is 5.32. The Morgan fingerprint density at radius 1 is 1.10 bits per heavy atom. The van der Waals surface area contributed by atoms with Gasteiger partial charge < -0.3 is 9.47 Å². The van der Waals surface area contributed by atoms with Crippen LogP contribution in [0.5, 0.6) is 5.75 Å². The molecular weight excluding hydrogens is 384 g/mol. The number of esters is 1. The molecule has 0 fully saturated rings. The zero-order chi connectivity index (χ0) is 21.5. The Labute approximate surface area is 173 Å². The molecule has 30 heavy (non-hydrogen) atoms. The molecule has 0 aliphatic rings. The number of H-pyrrole nitrogens is 1. The molecule has 0 aliphatic carbocycles. The second-order valence-electron chi connectivity index (χ2n) is 6.67. The van der Waals surface area contributed by atoms with E-state index in [1.807, 2.05) is 38.1 Å². The Kier molecular flexibility index (Phi) is 6.59. The predicted molar refractivity (Wildman–Crippen MR) is 113 cm³/mol. The van der Waals surface area contributed by atoms with Crippen LogP contribution >= 0.6 is 0 Å². The van der Waals surface area contributed by atoms with Gasteiger partial charge in [0.05, 0.1) is 30.7 Å². The molecule has 154 valence electrons. The van der Waals surface area contributed by atoms with E-state index < -0.39 is 11.9 Å². The number of benzene rings is 2. The van der Waals surface area contributed by atoms with E-state index in [2.05, 4.69) is 25.5 Å². The minimum atomic E-state index is -0.420. The number of carbonyl (C=O) groups excluding carboxylic acids is 2. The Morgan fingerprint density at radius 3 is 2.43 bits per heavy atom. The number of rotatable bonds is 7. The van der Waals surface area contributed by atoms with Crippen LogP contribution in [0.15, 0.2) is 59.7 Å². The average molecular weight is 406 g/mol. The van der Waals surface area contributed by atoms with E-state index in [9.17, 15) is 9.59 Å². The van der Waals surface area contributed by atoms with Crippen molar-refractivity contribution >= 4 is 18.1 Å². The van der Waals surface area contributed by atoms with Crippen molar-refractivity contribution in [1.82, 2.24) is 15.6 Å². The molecule has 0 aliphatic heterocycles. The fraction of sp³-hybridized carbons (Fsp3) is 0.182. The van der Waals surface area contributed by atoms with Gasteiger partial charge in [-0.1, -0.05) is 12.1 Å². The number of hydrogen-bond acceptors (Lipinski definition) is 6. The summed E-state index contributed by atoms with van der Waals surface area (Å²) in [6.45, 7) is 3.93. The van der Waals surface area contributed by atoms with E-state index in [1.165, 1.54) is 13.3 Å². The summed E-state index contributed by atoms with van der Waals surface area (Å²) in [7, 11) is 1.32. The maximum absolute atomic E-state index is 12.3. The summed E-state index contributed by atoms with van der Waals surface area (Å²) in [5, 5.41) is 10.8. The number of nitrogens with zero attached hydrogens (tertiary/aromatic N) is 2. The first-order chi connectivity index (χ1) is 14.5. The van der Waals surface area contributed by atoms with Crippen LogP contribution in [0.1, 0.15) is 40.3 Å². The fourth-order valence-electron chi connectivity index (χ4n) is 2.61. The van der Waals surface area contributed by atoms with Crippen LogP contribution in [0.3, 0.4) is 0 Å². The number of ether oxygens (including phenoxy) is 2. The second-order valence-corrected chi connectivity index (χ2v) is 6.67. The average Bonchev–Trinajstić information content (AvgIpc) is 3.24. The molecule has 8 nitrogen and oxygen atoms in total. The maximum Gasteiger partial charge on any atom is 0.337 e. The van der Waals surface area contributed by atoms with Crippen LogP contribution in [0, 0.1) is 0 Å². The zero-order valence-corrected chi connectivity index (χ0v) is 16.9. The van der Waals surface area contributed by atoms with Crippen molar-refractivity contribution in [3.63, 3.8) is 0 Å². The number of nitrogens with one attached hydrogen (secondary N) is 2. The largest absolute Gasteiger partial charge is 0.491 e. The van der Waals surface area contributed by atoms with Crippen LogP contribution in [-0.2, 0) is 4.74 Å². The Morgan fingerprint density at radius 2 is 1.80 bits per heavy atom. The first kappa shape index (κ1) is 20.8. The molecule has 0 saturated carbocycles. The number of hydrazone groups is 1. The monoisotopic (exact) mass is 406 g/mol. The van der Waals surface area contributed by atoms with E-state index in [0.29, 0.717) is 11.3 Å². The Hall–Kier alpha value is -3.94. The number of carbonyl (C=O) groups is 2. The van der Waals surface area contributed by atoms with Crippen molar-refractivity contribution in [2.24, 2.45) is 5.10 Å². The summed E-state index contributed by atoms with van der Waals surface area (Å²) < 4.78 is 10.3. The van der Waals surface area contributed by atoms with Gasteiger partial charge in [0.1, 0.15) is 11.4 Å². The van der Waals surface area contributed by atoms with Gasteiger partial charge in [0, 0.05) is 5.56 Å². The molecule has 1 amide bonds. The first-order valence-corrected chi connectivity index (χ1v) is 9.30. The van der Waals surface area contributed by atoms with E-state index in [1.54, 1.807) is 30.3 Å². The van der Waals surface area contributed by atoms with Gasteiger partial charge in [0.15, 0.2) is 0 Å². The summed E-state index contributed by atoms with van der Waals surface area (Å²) in [4.78, 5) is 23.7. The normalized spacial score (nSPS) is 10.9. The smallest absolute Gasteiger partial charge is 0.337 e. The lowest BCUT2D eigenvalue weighted by Crippen LogP contribution is -2.18. The first-order valence-electron chi connectivity index (χ1n) is 9.30. The summed E-state index contributed by atoms with van der Waals surface area (Å²) in [6.07, 6.45) is 1.58. The van der Waals surface area contributed by atoms with Crippen molar-refractivity contribution in [2.45, 2.75) is 20.0 Å². The van der Waals surface area contributed by atoms with Gasteiger partial charge in [-0.3, -0.25) is 9.89 Å². The second kappa shape index (κ2) is 9.51. The molecule has 1 aromatic heterocycles. The lowest BCUT2D eigenvalue weighted by molar-refractivity contribution is 0.0600. The van der Waals surface area contributed by atoms with Crippen molar-refractivity contribution in [3.05, 3.63) is 71.4 Å². The van der Waals surface area contributed by atoms with Crippen LogP contribution < -0.4 is 10.2 Å². The molecular formula is C22H22N4O4. The van der Waals surface area contributed by atoms with Gasteiger partial charge in [-0.15, -0.1) is 0 Å². The molecule has 3 rings (SSSR count). The van der Waals surface area contributed by atoms with Gasteiger partial charge >= 0.3 is 5.97 Å². The van der Waals surface area contributed by atoms with Crippen molar-refractivity contribution in [2.75, 3.05) is 7.11 Å². The molecule has 3 aromatic rings. The zero-order valence-electron chi connectivity index (χ0n) is 16.9. The highest BCUT2D eigenvalue weighted by Crippen LogP contribution is 2.22. The number of amides is 1. The molecule has 1 heterocycles. The number of aromatic nitrogens is 2. The predicted octanol–water partition coefficient (Wildman–Crippen LogP) is 3.41. The lowest BCUT2D eigenvalue weighted by atomic mass is 10.1. The minimum absolute atomic E-state index is 0.0999. The molecule has 2 N–H and O–H groups in total. The maximum atomic E-state index is 12.3. The third-order valence-electron chi connectivity index (χ3n) is 4.06. The molecule has 0 atom stereocenters. The van der Waals surface area contributed by atoms with Crippen molar-refractivity contribution in [1.29, 1.82) is 0 Å². The number of hydrogen-bond donors (Lipinski definition) is 2. The quantitative estimate of drug-likeness (QED) is 0.355. The van der Waals surface area contributed by atoms with Gasteiger partial charge in [-0.05, 0) is 61.9 Å². The Balaban J connectivity index is 1.59. The van der Waals surface area contributed by atoms with Gasteiger partial charge in [-0.25, -0.2) is 10.2 Å². The molecule has 0 saturated heterocycles. The highest BCUT2D eigenvalue weighted by Gasteiger charge is 2.11. The van der Waals surface area contributed by atoms with E-state index in [0.717, 1.165) is 16.9 Å². The van der Waals surface area contributed by atoms with Crippen LogP contribution in [0.4, 0.5) is 0 Å². The lowest BCUT2D eigenvalue weighted by Gasteiger charge is -2.09. The number of aromatic amines is 1. The molecule has 8 heteroatoms. The summed E-state index contributed by atoms with van der Waals surface area (Å²) in [6, 6.07) is 15.8. The van der Waals surface area contributed by atoms with Crippen LogP contribution in [-0.4, -0.2) is 41.5 Å². The summed E-state index contributed by atoms with van der Waals surface area (Å²) in [5.41, 5.74) is 5.37. The third-order valence-corrected chi connectivity index (χ3v) is 4.06. The highest BCUT2D eigenvalue weighted by atomic mass is 16.5. The number of methoxy groups -OCH3 is 1. The van der Waals surface area contributed by atoms with Crippen molar-refractivity contribution < 1.29 is 19.1 Å². The molecule has 0 bridgehead atoms. The van der Waals surface area contributed by atoms with Gasteiger partial charge in [0.2, 0.25) is 0 Å². The van der Waals surface area contributed by atoms with E-state index in [4.69, 9.17) is 4.74 Å². The molecule has 2 aromatic carbocycles. The standard InChI is InChI=1S/C22H22N4O4/c1-14(2)30-18-10-8-16(9-11-18)19-12-20(25-24-19)21(27)26-23-13-15-4-6-17(7-5-15)22(28)29-3/h4-14H,1-3H3,(H,24,25)(H,26,27)/b23-13+.